The minimum atomic E-state index is -0.750. The van der Waals surface area contributed by atoms with Crippen LogP contribution in [0.4, 0.5) is 5.95 Å². The molecule has 0 bridgehead atoms. The van der Waals surface area contributed by atoms with E-state index in [2.05, 4.69) is 20.8 Å². The number of allylic oxidation sites excluding steroid dienone is 1. The number of aromatic nitrogens is 4. The van der Waals surface area contributed by atoms with E-state index in [1.54, 1.807) is 12.1 Å². The Morgan fingerprint density at radius 3 is 2.83 bits per heavy atom. The number of phenolic OH excluding ortho intramolecular Hbond substituents is 1. The number of tetrazole rings is 1. The molecule has 1 aromatic heterocycles. The molecule has 0 amide bonds. The standard InChI is InChI=1S/C14H13N5O4/c1-7(20)10-11(13(22)23-2)15-14-16-17-18-19(14)12(10)8-4-3-5-9(21)6-8/h3-6,12,21H,1-2H3,(H,15,16,18). The SMILES string of the molecule is COC(=O)C1=C(C(C)=O)C(c2cccc(O)c2)n2nnnc2N1. The van der Waals surface area contributed by atoms with E-state index in [1.807, 2.05) is 0 Å². The third-order valence-corrected chi connectivity index (χ3v) is 3.47. The van der Waals surface area contributed by atoms with E-state index in [-0.39, 0.29) is 28.8 Å². The Balaban J connectivity index is 2.26. The molecule has 1 aliphatic rings. The van der Waals surface area contributed by atoms with Gasteiger partial charge in [-0.3, -0.25) is 4.79 Å². The van der Waals surface area contributed by atoms with Crippen LogP contribution in [0.5, 0.6) is 5.75 Å². The van der Waals surface area contributed by atoms with Gasteiger partial charge < -0.3 is 15.2 Å². The number of fused-ring (bicyclic) bond motifs is 1. The van der Waals surface area contributed by atoms with E-state index in [4.69, 9.17) is 4.74 Å². The Kier molecular flexibility index (Phi) is 3.53. The number of anilines is 1. The topological polar surface area (TPSA) is 119 Å². The molecule has 0 aliphatic carbocycles. The highest BCUT2D eigenvalue weighted by Gasteiger charge is 2.36. The van der Waals surface area contributed by atoms with Gasteiger partial charge in [-0.15, -0.1) is 0 Å². The number of aromatic hydroxyl groups is 1. The van der Waals surface area contributed by atoms with Crippen molar-refractivity contribution < 1.29 is 19.4 Å². The first-order valence-electron chi connectivity index (χ1n) is 6.70. The van der Waals surface area contributed by atoms with Gasteiger partial charge in [-0.2, -0.15) is 4.68 Å². The van der Waals surface area contributed by atoms with Gasteiger partial charge >= 0.3 is 5.97 Å². The molecule has 1 aliphatic heterocycles. The lowest BCUT2D eigenvalue weighted by Crippen LogP contribution is -2.32. The fraction of sp³-hybridized carbons (Fsp3) is 0.214. The third kappa shape index (κ3) is 2.41. The Morgan fingerprint density at radius 2 is 2.17 bits per heavy atom. The third-order valence-electron chi connectivity index (χ3n) is 3.47. The number of ketones is 1. The lowest BCUT2D eigenvalue weighted by atomic mass is 9.92. The van der Waals surface area contributed by atoms with Crippen molar-refractivity contribution >= 4 is 17.7 Å². The molecular formula is C14H13N5O4. The minimum Gasteiger partial charge on any atom is -0.508 e. The lowest BCUT2D eigenvalue weighted by Gasteiger charge is -2.27. The summed E-state index contributed by atoms with van der Waals surface area (Å²) in [5.41, 5.74) is 0.699. The van der Waals surface area contributed by atoms with E-state index in [0.717, 1.165) is 0 Å². The average molecular weight is 315 g/mol. The van der Waals surface area contributed by atoms with Crippen LogP contribution in [0.1, 0.15) is 18.5 Å². The first-order chi connectivity index (χ1) is 11.0. The van der Waals surface area contributed by atoms with Gasteiger partial charge in [-0.25, -0.2) is 4.79 Å². The number of rotatable bonds is 3. The van der Waals surface area contributed by atoms with E-state index in [0.29, 0.717) is 5.56 Å². The quantitative estimate of drug-likeness (QED) is 0.782. The summed E-state index contributed by atoms with van der Waals surface area (Å²) >= 11 is 0. The molecule has 0 fully saturated rings. The van der Waals surface area contributed by atoms with Gasteiger partial charge in [0.2, 0.25) is 5.95 Å². The number of esters is 1. The van der Waals surface area contributed by atoms with Gasteiger partial charge in [0.1, 0.15) is 17.5 Å². The molecule has 0 saturated carbocycles. The van der Waals surface area contributed by atoms with Crippen molar-refractivity contribution in [3.05, 3.63) is 41.1 Å². The molecule has 3 rings (SSSR count). The van der Waals surface area contributed by atoms with Crippen LogP contribution in [0.15, 0.2) is 35.5 Å². The summed E-state index contributed by atoms with van der Waals surface area (Å²) in [6, 6.07) is 5.58. The van der Waals surface area contributed by atoms with Gasteiger partial charge in [0.15, 0.2) is 5.78 Å². The number of phenols is 1. The van der Waals surface area contributed by atoms with Crippen molar-refractivity contribution in [2.75, 3.05) is 12.4 Å². The van der Waals surface area contributed by atoms with Gasteiger partial charge in [0.25, 0.3) is 0 Å². The van der Waals surface area contributed by atoms with E-state index < -0.39 is 12.0 Å². The highest BCUT2D eigenvalue weighted by Crippen LogP contribution is 2.35. The molecule has 1 atom stereocenters. The predicted octanol–water partition coefficient (Wildman–Crippen LogP) is 0.410. The number of methoxy groups -OCH3 is 1. The van der Waals surface area contributed by atoms with Crippen molar-refractivity contribution in [3.8, 4) is 5.75 Å². The summed E-state index contributed by atoms with van der Waals surface area (Å²) in [6.45, 7) is 1.34. The molecule has 2 N–H and O–H groups in total. The van der Waals surface area contributed by atoms with Crippen LogP contribution < -0.4 is 5.32 Å². The summed E-state index contributed by atoms with van der Waals surface area (Å²) in [6.07, 6.45) is 0. The van der Waals surface area contributed by atoms with Crippen LogP contribution in [0, 0.1) is 0 Å². The summed E-state index contributed by atoms with van der Waals surface area (Å²) < 4.78 is 6.10. The van der Waals surface area contributed by atoms with Crippen LogP contribution in [0.3, 0.4) is 0 Å². The number of nitrogens with zero attached hydrogens (tertiary/aromatic N) is 4. The zero-order valence-corrected chi connectivity index (χ0v) is 12.3. The number of carbonyl (C=O) groups excluding carboxylic acids is 2. The van der Waals surface area contributed by atoms with E-state index >= 15 is 0 Å². The van der Waals surface area contributed by atoms with Gasteiger partial charge in [-0.05, 0) is 35.0 Å². The number of hydrogen-bond acceptors (Lipinski definition) is 8. The van der Waals surface area contributed by atoms with Gasteiger partial charge in [-0.1, -0.05) is 17.2 Å². The Labute approximate surface area is 130 Å². The fourth-order valence-corrected chi connectivity index (χ4v) is 2.52. The van der Waals surface area contributed by atoms with Crippen LogP contribution in [-0.2, 0) is 14.3 Å². The van der Waals surface area contributed by atoms with Gasteiger partial charge in [0.05, 0.1) is 12.7 Å². The van der Waals surface area contributed by atoms with Crippen molar-refractivity contribution in [1.29, 1.82) is 0 Å². The zero-order valence-electron chi connectivity index (χ0n) is 12.3. The second-order valence-electron chi connectivity index (χ2n) is 4.91. The first kappa shape index (κ1) is 14.7. The van der Waals surface area contributed by atoms with Crippen LogP contribution in [0.25, 0.3) is 0 Å². The maximum absolute atomic E-state index is 12.2. The van der Waals surface area contributed by atoms with Crippen LogP contribution in [-0.4, -0.2) is 44.2 Å². The number of carbonyl (C=O) groups is 2. The highest BCUT2D eigenvalue weighted by molar-refractivity contribution is 6.05. The molecule has 118 valence electrons. The molecule has 2 aromatic rings. The van der Waals surface area contributed by atoms with Crippen molar-refractivity contribution in [2.24, 2.45) is 0 Å². The van der Waals surface area contributed by atoms with Crippen LogP contribution in [0.2, 0.25) is 0 Å². The predicted molar refractivity (Wildman–Crippen MR) is 77.4 cm³/mol. The van der Waals surface area contributed by atoms with Crippen molar-refractivity contribution in [1.82, 2.24) is 20.2 Å². The average Bonchev–Trinajstić information content (AvgIpc) is 3.00. The van der Waals surface area contributed by atoms with Crippen LogP contribution >= 0.6 is 0 Å². The molecule has 0 saturated heterocycles. The number of nitrogens with one attached hydrogen (secondary N) is 1. The second kappa shape index (κ2) is 5.52. The van der Waals surface area contributed by atoms with E-state index in [9.17, 15) is 14.7 Å². The Bertz CT molecular complexity index is 826. The number of Topliss-reactive ketones (excluding diaryl/α,β-unsaturated/α-hetero) is 1. The minimum absolute atomic E-state index is 0.0179. The zero-order chi connectivity index (χ0) is 16.6. The Morgan fingerprint density at radius 1 is 1.39 bits per heavy atom. The smallest absolute Gasteiger partial charge is 0.355 e. The highest BCUT2D eigenvalue weighted by atomic mass is 16.5. The molecule has 1 unspecified atom stereocenters. The van der Waals surface area contributed by atoms with Gasteiger partial charge in [0, 0.05) is 0 Å². The van der Waals surface area contributed by atoms with Crippen molar-refractivity contribution in [3.63, 3.8) is 0 Å². The fourth-order valence-electron chi connectivity index (χ4n) is 2.52. The molecule has 2 heterocycles. The van der Waals surface area contributed by atoms with Crippen molar-refractivity contribution in [2.45, 2.75) is 13.0 Å². The number of hydrogen-bond donors (Lipinski definition) is 2. The summed E-state index contributed by atoms with van der Waals surface area (Å²) in [7, 11) is 1.22. The largest absolute Gasteiger partial charge is 0.508 e. The normalized spacial score (nSPS) is 16.5. The lowest BCUT2D eigenvalue weighted by molar-refractivity contribution is -0.136. The molecule has 23 heavy (non-hydrogen) atoms. The molecule has 9 heteroatoms. The second-order valence-corrected chi connectivity index (χ2v) is 4.91. The molecule has 0 spiro atoms. The maximum Gasteiger partial charge on any atom is 0.355 e. The first-order valence-corrected chi connectivity index (χ1v) is 6.70. The molecule has 1 aromatic carbocycles. The summed E-state index contributed by atoms with van der Waals surface area (Å²) in [5, 5.41) is 23.7. The number of ether oxygens (including phenoxy) is 1. The molecular weight excluding hydrogens is 302 g/mol. The number of benzene rings is 1. The molecule has 0 radical (unpaired) electrons. The summed E-state index contributed by atoms with van der Waals surface area (Å²) in [5.74, 6) is -0.816. The molecule has 9 nitrogen and oxygen atoms in total. The monoisotopic (exact) mass is 315 g/mol. The summed E-state index contributed by atoms with van der Waals surface area (Å²) in [4.78, 5) is 24.2. The van der Waals surface area contributed by atoms with E-state index in [1.165, 1.54) is 30.8 Å². The Hall–Kier alpha value is -3.23. The maximum atomic E-state index is 12.2.